The maximum Gasteiger partial charge on any atom is 0.339 e. The van der Waals surface area contributed by atoms with Crippen LogP contribution in [0.3, 0.4) is 0 Å². The number of hydrogen-bond acceptors (Lipinski definition) is 4. The molecule has 0 heterocycles. The molecule has 2 aromatic carbocycles. The third kappa shape index (κ3) is 3.45. The zero-order valence-electron chi connectivity index (χ0n) is 11.9. The van der Waals surface area contributed by atoms with Crippen LogP contribution in [0.15, 0.2) is 36.4 Å². The van der Waals surface area contributed by atoms with Crippen molar-refractivity contribution in [3.8, 4) is 11.5 Å². The van der Waals surface area contributed by atoms with E-state index >= 15 is 0 Å². The third-order valence-electron chi connectivity index (χ3n) is 3.05. The number of methoxy groups -OCH3 is 1. The molecule has 0 fully saturated rings. The van der Waals surface area contributed by atoms with E-state index in [0.717, 1.165) is 11.1 Å². The van der Waals surface area contributed by atoms with Gasteiger partial charge in [0.05, 0.1) is 7.11 Å². The van der Waals surface area contributed by atoms with Crippen LogP contribution in [0.2, 0.25) is 0 Å². The molecule has 110 valence electrons. The molecule has 0 saturated heterocycles. The second-order valence-corrected chi connectivity index (χ2v) is 4.66. The summed E-state index contributed by atoms with van der Waals surface area (Å²) in [6.45, 7) is 2.18. The van der Waals surface area contributed by atoms with E-state index in [1.165, 1.54) is 6.07 Å². The standard InChI is InChI=1S/C16H17NO4/c1-10-3-5-14(20-2)11(7-10)9-21-15-6-4-12(17)8-13(15)16(18)19/h3-8H,9,17H2,1-2H3,(H,18,19). The molecule has 0 radical (unpaired) electrons. The zero-order valence-corrected chi connectivity index (χ0v) is 11.9. The number of benzene rings is 2. The molecule has 0 aliphatic carbocycles. The average Bonchev–Trinajstić information content (AvgIpc) is 2.46. The van der Waals surface area contributed by atoms with Gasteiger partial charge in [-0.3, -0.25) is 0 Å². The summed E-state index contributed by atoms with van der Waals surface area (Å²) in [6, 6.07) is 10.3. The highest BCUT2D eigenvalue weighted by Gasteiger charge is 2.13. The first-order valence-electron chi connectivity index (χ1n) is 6.40. The Bertz CT molecular complexity index is 667. The largest absolute Gasteiger partial charge is 0.496 e. The summed E-state index contributed by atoms with van der Waals surface area (Å²) in [5.74, 6) is -0.0957. The lowest BCUT2D eigenvalue weighted by Crippen LogP contribution is -2.05. The zero-order chi connectivity index (χ0) is 15.4. The number of anilines is 1. The van der Waals surface area contributed by atoms with Crippen LogP contribution in [-0.4, -0.2) is 18.2 Å². The van der Waals surface area contributed by atoms with Crippen molar-refractivity contribution >= 4 is 11.7 Å². The number of ether oxygens (including phenoxy) is 2. The van der Waals surface area contributed by atoms with Crippen molar-refractivity contribution in [3.05, 3.63) is 53.1 Å². The fraction of sp³-hybridized carbons (Fsp3) is 0.188. The number of aryl methyl sites for hydroxylation is 1. The fourth-order valence-electron chi connectivity index (χ4n) is 2.02. The van der Waals surface area contributed by atoms with Gasteiger partial charge in [0.2, 0.25) is 0 Å². The molecular formula is C16H17NO4. The maximum atomic E-state index is 11.2. The van der Waals surface area contributed by atoms with Crippen LogP contribution in [0, 0.1) is 6.92 Å². The Kier molecular flexibility index (Phi) is 4.33. The molecule has 0 aliphatic heterocycles. The Morgan fingerprint density at radius 1 is 1.19 bits per heavy atom. The van der Waals surface area contributed by atoms with Crippen LogP contribution in [0.25, 0.3) is 0 Å². The van der Waals surface area contributed by atoms with Crippen LogP contribution in [0.1, 0.15) is 21.5 Å². The molecule has 5 nitrogen and oxygen atoms in total. The van der Waals surface area contributed by atoms with Gasteiger partial charge in [-0.05, 0) is 37.3 Å². The van der Waals surface area contributed by atoms with Crippen molar-refractivity contribution in [1.29, 1.82) is 0 Å². The highest BCUT2D eigenvalue weighted by Crippen LogP contribution is 2.25. The van der Waals surface area contributed by atoms with Gasteiger partial charge >= 0.3 is 5.97 Å². The molecule has 0 aliphatic rings. The highest BCUT2D eigenvalue weighted by molar-refractivity contribution is 5.92. The topological polar surface area (TPSA) is 81.8 Å². The highest BCUT2D eigenvalue weighted by atomic mass is 16.5. The lowest BCUT2D eigenvalue weighted by atomic mass is 10.1. The predicted molar refractivity (Wildman–Crippen MR) is 79.9 cm³/mol. The SMILES string of the molecule is COc1ccc(C)cc1COc1ccc(N)cc1C(=O)O. The predicted octanol–water partition coefficient (Wildman–Crippen LogP) is 2.86. The summed E-state index contributed by atoms with van der Waals surface area (Å²) in [6.07, 6.45) is 0. The first-order chi connectivity index (χ1) is 10.0. The van der Waals surface area contributed by atoms with Crippen LogP contribution in [-0.2, 0) is 6.61 Å². The van der Waals surface area contributed by atoms with E-state index in [1.807, 2.05) is 25.1 Å². The van der Waals surface area contributed by atoms with E-state index in [9.17, 15) is 9.90 Å². The summed E-state index contributed by atoms with van der Waals surface area (Å²) >= 11 is 0. The van der Waals surface area contributed by atoms with Gasteiger partial charge in [-0.2, -0.15) is 0 Å². The Labute approximate surface area is 122 Å². The summed E-state index contributed by atoms with van der Waals surface area (Å²) in [4.78, 5) is 11.2. The molecule has 0 spiro atoms. The summed E-state index contributed by atoms with van der Waals surface area (Å²) in [7, 11) is 1.58. The van der Waals surface area contributed by atoms with E-state index in [4.69, 9.17) is 15.2 Å². The van der Waals surface area contributed by atoms with Crippen molar-refractivity contribution < 1.29 is 19.4 Å². The van der Waals surface area contributed by atoms with Crippen LogP contribution >= 0.6 is 0 Å². The van der Waals surface area contributed by atoms with Gasteiger partial charge in [-0.15, -0.1) is 0 Å². The number of carboxylic acid groups (broad SMARTS) is 1. The summed E-state index contributed by atoms with van der Waals surface area (Å²) in [5, 5.41) is 9.17. The minimum atomic E-state index is -1.08. The molecule has 0 atom stereocenters. The Hall–Kier alpha value is -2.69. The quantitative estimate of drug-likeness (QED) is 0.826. The summed E-state index contributed by atoms with van der Waals surface area (Å²) < 4.78 is 10.9. The number of carbonyl (C=O) groups is 1. The van der Waals surface area contributed by atoms with Gasteiger partial charge < -0.3 is 20.3 Å². The van der Waals surface area contributed by atoms with E-state index < -0.39 is 5.97 Å². The minimum Gasteiger partial charge on any atom is -0.496 e. The number of hydrogen-bond donors (Lipinski definition) is 2. The lowest BCUT2D eigenvalue weighted by molar-refractivity contribution is 0.0692. The second kappa shape index (κ2) is 6.17. The van der Waals surface area contributed by atoms with E-state index in [0.29, 0.717) is 11.4 Å². The normalized spacial score (nSPS) is 10.2. The second-order valence-electron chi connectivity index (χ2n) is 4.66. The molecule has 0 saturated carbocycles. The molecule has 0 aromatic heterocycles. The summed E-state index contributed by atoms with van der Waals surface area (Å²) in [5.41, 5.74) is 7.95. The Morgan fingerprint density at radius 3 is 2.57 bits per heavy atom. The van der Waals surface area contributed by atoms with Crippen LogP contribution < -0.4 is 15.2 Å². The van der Waals surface area contributed by atoms with Gasteiger partial charge in [-0.25, -0.2) is 4.79 Å². The van der Waals surface area contributed by atoms with Crippen molar-refractivity contribution in [1.82, 2.24) is 0 Å². The van der Waals surface area contributed by atoms with Crippen molar-refractivity contribution in [2.75, 3.05) is 12.8 Å². The van der Waals surface area contributed by atoms with Crippen molar-refractivity contribution in [2.45, 2.75) is 13.5 Å². The van der Waals surface area contributed by atoms with E-state index in [-0.39, 0.29) is 17.9 Å². The molecule has 0 bridgehead atoms. The maximum absolute atomic E-state index is 11.2. The minimum absolute atomic E-state index is 0.0432. The van der Waals surface area contributed by atoms with Crippen LogP contribution in [0.5, 0.6) is 11.5 Å². The average molecular weight is 287 g/mol. The molecular weight excluding hydrogens is 270 g/mol. The first kappa shape index (κ1) is 14.7. The molecule has 0 unspecified atom stereocenters. The van der Waals surface area contributed by atoms with E-state index in [1.54, 1.807) is 19.2 Å². The fourth-order valence-corrected chi connectivity index (χ4v) is 2.02. The lowest BCUT2D eigenvalue weighted by Gasteiger charge is -2.13. The van der Waals surface area contributed by atoms with Gasteiger partial charge in [0.25, 0.3) is 0 Å². The van der Waals surface area contributed by atoms with Crippen molar-refractivity contribution in [3.63, 3.8) is 0 Å². The monoisotopic (exact) mass is 287 g/mol. The number of carboxylic acids is 1. The van der Waals surface area contributed by atoms with E-state index in [2.05, 4.69) is 0 Å². The van der Waals surface area contributed by atoms with Gasteiger partial charge in [-0.1, -0.05) is 11.6 Å². The molecule has 0 amide bonds. The number of nitrogens with two attached hydrogens (primary N) is 1. The molecule has 3 N–H and O–H groups in total. The van der Waals surface area contributed by atoms with Gasteiger partial charge in [0.15, 0.2) is 0 Å². The van der Waals surface area contributed by atoms with Gasteiger partial charge in [0.1, 0.15) is 23.7 Å². The first-order valence-corrected chi connectivity index (χ1v) is 6.40. The smallest absolute Gasteiger partial charge is 0.339 e. The Morgan fingerprint density at radius 2 is 1.90 bits per heavy atom. The molecule has 2 rings (SSSR count). The van der Waals surface area contributed by atoms with Crippen molar-refractivity contribution in [2.24, 2.45) is 0 Å². The molecule has 2 aromatic rings. The number of aromatic carboxylic acids is 1. The molecule has 5 heteroatoms. The number of rotatable bonds is 5. The Balaban J connectivity index is 2.24. The number of nitrogen functional groups attached to an aromatic ring is 1. The third-order valence-corrected chi connectivity index (χ3v) is 3.05. The molecule has 21 heavy (non-hydrogen) atoms. The van der Waals surface area contributed by atoms with Gasteiger partial charge in [0, 0.05) is 11.3 Å². The van der Waals surface area contributed by atoms with Crippen LogP contribution in [0.4, 0.5) is 5.69 Å².